The van der Waals surface area contributed by atoms with Crippen LogP contribution in [0.25, 0.3) is 33.5 Å². The van der Waals surface area contributed by atoms with Crippen molar-refractivity contribution in [1.29, 1.82) is 0 Å². The number of benzene rings is 2. The summed E-state index contributed by atoms with van der Waals surface area (Å²) < 4.78 is 1.75. The van der Waals surface area contributed by atoms with Gasteiger partial charge in [-0.25, -0.2) is 19.6 Å². The Labute approximate surface area is 161 Å². The number of hydrogen-bond acceptors (Lipinski definition) is 6. The summed E-state index contributed by atoms with van der Waals surface area (Å²) in [5.41, 5.74) is 5.25. The smallest absolute Gasteiger partial charge is 0.180 e. The third kappa shape index (κ3) is 2.83. The fourth-order valence-electron chi connectivity index (χ4n) is 3.20. The van der Waals surface area contributed by atoms with E-state index in [1.54, 1.807) is 4.68 Å². The molecule has 2 aromatic carbocycles. The zero-order valence-corrected chi connectivity index (χ0v) is 15.5. The largest absolute Gasteiger partial charge is 0.340 e. The highest BCUT2D eigenvalue weighted by Crippen LogP contribution is 2.27. The third-order valence-electron chi connectivity index (χ3n) is 4.59. The standard InChI is InChI=1S/C21H17N7/c1-13-6-5-9-18(22-13)21-24-16-8-4-3-7-15(16)20(25-21)23-14-10-11-17-19(12-14)28(2)27-26-17/h3-12H,1-2H3,(H,23,24,25). The molecule has 0 fully saturated rings. The van der Waals surface area contributed by atoms with Crippen molar-refractivity contribution in [2.45, 2.75) is 6.92 Å². The van der Waals surface area contributed by atoms with Gasteiger partial charge in [0.2, 0.25) is 0 Å². The van der Waals surface area contributed by atoms with Crippen LogP contribution in [0.3, 0.4) is 0 Å². The number of hydrogen-bond donors (Lipinski definition) is 1. The lowest BCUT2D eigenvalue weighted by Gasteiger charge is -2.11. The molecule has 1 N–H and O–H groups in total. The Morgan fingerprint density at radius 1 is 0.857 bits per heavy atom. The molecule has 0 aliphatic rings. The van der Waals surface area contributed by atoms with Gasteiger partial charge >= 0.3 is 0 Å². The molecular weight excluding hydrogens is 350 g/mol. The van der Waals surface area contributed by atoms with E-state index in [-0.39, 0.29) is 0 Å². The lowest BCUT2D eigenvalue weighted by atomic mass is 10.2. The van der Waals surface area contributed by atoms with Gasteiger partial charge in [0.15, 0.2) is 5.82 Å². The molecule has 3 aromatic heterocycles. The number of aryl methyl sites for hydroxylation is 2. The van der Waals surface area contributed by atoms with Gasteiger partial charge < -0.3 is 5.32 Å². The molecule has 0 saturated heterocycles. The number of rotatable bonds is 3. The van der Waals surface area contributed by atoms with Crippen LogP contribution in [-0.4, -0.2) is 29.9 Å². The first-order chi connectivity index (χ1) is 13.7. The molecule has 5 rings (SSSR count). The number of para-hydroxylation sites is 1. The highest BCUT2D eigenvalue weighted by atomic mass is 15.4. The van der Waals surface area contributed by atoms with Crippen molar-refractivity contribution in [3.8, 4) is 11.5 Å². The van der Waals surface area contributed by atoms with Gasteiger partial charge in [0, 0.05) is 23.8 Å². The van der Waals surface area contributed by atoms with Gasteiger partial charge in [-0.15, -0.1) is 5.10 Å². The third-order valence-corrected chi connectivity index (χ3v) is 4.59. The Bertz CT molecular complexity index is 1320. The fraction of sp³-hybridized carbons (Fsp3) is 0.0952. The van der Waals surface area contributed by atoms with Crippen molar-refractivity contribution >= 4 is 33.4 Å². The monoisotopic (exact) mass is 367 g/mol. The minimum Gasteiger partial charge on any atom is -0.340 e. The molecule has 0 atom stereocenters. The molecule has 0 saturated carbocycles. The lowest BCUT2D eigenvalue weighted by Crippen LogP contribution is -2.01. The quantitative estimate of drug-likeness (QED) is 0.519. The van der Waals surface area contributed by atoms with E-state index >= 15 is 0 Å². The average Bonchev–Trinajstić information content (AvgIpc) is 3.08. The van der Waals surface area contributed by atoms with Crippen LogP contribution in [0, 0.1) is 6.92 Å². The summed E-state index contributed by atoms with van der Waals surface area (Å²) in [6.45, 7) is 1.96. The van der Waals surface area contributed by atoms with E-state index in [2.05, 4.69) is 20.6 Å². The summed E-state index contributed by atoms with van der Waals surface area (Å²) >= 11 is 0. The van der Waals surface area contributed by atoms with Crippen molar-refractivity contribution in [3.05, 3.63) is 66.4 Å². The maximum Gasteiger partial charge on any atom is 0.180 e. The second kappa shape index (κ2) is 6.38. The van der Waals surface area contributed by atoms with E-state index < -0.39 is 0 Å². The predicted octanol–water partition coefficient (Wildman–Crippen LogP) is 4.03. The summed E-state index contributed by atoms with van der Waals surface area (Å²) in [5, 5.41) is 12.6. The maximum absolute atomic E-state index is 4.77. The Balaban J connectivity index is 1.65. The van der Waals surface area contributed by atoms with Gasteiger partial charge in [-0.1, -0.05) is 23.4 Å². The Kier molecular flexibility index (Phi) is 3.72. The molecule has 136 valence electrons. The normalized spacial score (nSPS) is 11.2. The van der Waals surface area contributed by atoms with Gasteiger partial charge in [0.1, 0.15) is 17.0 Å². The van der Waals surface area contributed by atoms with Gasteiger partial charge in [-0.05, 0) is 49.4 Å². The summed E-state index contributed by atoms with van der Waals surface area (Å²) in [6.07, 6.45) is 0. The topological polar surface area (TPSA) is 81.4 Å². The molecule has 0 unspecified atom stereocenters. The summed E-state index contributed by atoms with van der Waals surface area (Å²) in [4.78, 5) is 14.1. The second-order valence-corrected chi connectivity index (χ2v) is 6.62. The van der Waals surface area contributed by atoms with Gasteiger partial charge in [-0.2, -0.15) is 0 Å². The van der Waals surface area contributed by atoms with Crippen molar-refractivity contribution in [2.24, 2.45) is 7.05 Å². The van der Waals surface area contributed by atoms with Crippen LogP contribution in [0.1, 0.15) is 5.69 Å². The summed E-state index contributed by atoms with van der Waals surface area (Å²) in [6, 6.07) is 19.7. The van der Waals surface area contributed by atoms with E-state index in [1.165, 1.54) is 0 Å². The number of pyridine rings is 1. The number of anilines is 2. The molecule has 7 nitrogen and oxygen atoms in total. The van der Waals surface area contributed by atoms with E-state index in [0.29, 0.717) is 5.82 Å². The predicted molar refractivity (Wildman–Crippen MR) is 109 cm³/mol. The molecule has 0 aliphatic carbocycles. The SMILES string of the molecule is Cc1cccc(-c2nc(Nc3ccc4nnn(C)c4c3)c3ccccc3n2)n1. The maximum atomic E-state index is 4.77. The zero-order valence-electron chi connectivity index (χ0n) is 15.5. The van der Waals surface area contributed by atoms with Crippen molar-refractivity contribution in [2.75, 3.05) is 5.32 Å². The van der Waals surface area contributed by atoms with Crippen LogP contribution >= 0.6 is 0 Å². The minimum absolute atomic E-state index is 0.591. The van der Waals surface area contributed by atoms with Crippen LogP contribution in [0.15, 0.2) is 60.7 Å². The number of nitrogens with zero attached hydrogens (tertiary/aromatic N) is 6. The number of fused-ring (bicyclic) bond motifs is 2. The van der Waals surface area contributed by atoms with Gasteiger partial charge in [0.25, 0.3) is 0 Å². The highest BCUT2D eigenvalue weighted by molar-refractivity contribution is 5.92. The second-order valence-electron chi connectivity index (χ2n) is 6.62. The molecule has 0 radical (unpaired) electrons. The van der Waals surface area contributed by atoms with Crippen LogP contribution < -0.4 is 5.32 Å². The summed E-state index contributed by atoms with van der Waals surface area (Å²) in [5.74, 6) is 1.33. The molecule has 3 heterocycles. The van der Waals surface area contributed by atoms with Crippen molar-refractivity contribution in [1.82, 2.24) is 29.9 Å². The molecule has 0 spiro atoms. The van der Waals surface area contributed by atoms with Crippen LogP contribution in [0.4, 0.5) is 11.5 Å². The van der Waals surface area contributed by atoms with E-state index in [1.807, 2.05) is 74.6 Å². The molecule has 7 heteroatoms. The molecule has 28 heavy (non-hydrogen) atoms. The Hall–Kier alpha value is -3.87. The van der Waals surface area contributed by atoms with Crippen LogP contribution in [0.5, 0.6) is 0 Å². The van der Waals surface area contributed by atoms with E-state index in [4.69, 9.17) is 9.97 Å². The first-order valence-electron chi connectivity index (χ1n) is 8.95. The first-order valence-corrected chi connectivity index (χ1v) is 8.95. The molecule has 0 bridgehead atoms. The Morgan fingerprint density at radius 3 is 2.64 bits per heavy atom. The fourth-order valence-corrected chi connectivity index (χ4v) is 3.20. The first kappa shape index (κ1) is 16.3. The number of nitrogens with one attached hydrogen (secondary N) is 1. The van der Waals surface area contributed by atoms with Crippen LogP contribution in [-0.2, 0) is 7.05 Å². The molecule has 0 aliphatic heterocycles. The molecule has 0 amide bonds. The van der Waals surface area contributed by atoms with Crippen LogP contribution in [0.2, 0.25) is 0 Å². The van der Waals surface area contributed by atoms with Gasteiger partial charge in [-0.3, -0.25) is 0 Å². The van der Waals surface area contributed by atoms with Crippen molar-refractivity contribution < 1.29 is 0 Å². The summed E-state index contributed by atoms with van der Waals surface area (Å²) in [7, 11) is 1.88. The van der Waals surface area contributed by atoms with E-state index in [9.17, 15) is 0 Å². The number of aromatic nitrogens is 6. The van der Waals surface area contributed by atoms with Crippen molar-refractivity contribution in [3.63, 3.8) is 0 Å². The minimum atomic E-state index is 0.591. The molecule has 5 aromatic rings. The van der Waals surface area contributed by atoms with E-state index in [0.717, 1.165) is 44.8 Å². The average molecular weight is 367 g/mol. The Morgan fingerprint density at radius 2 is 1.75 bits per heavy atom. The highest BCUT2D eigenvalue weighted by Gasteiger charge is 2.11. The molecular formula is C21H17N7. The van der Waals surface area contributed by atoms with Gasteiger partial charge in [0.05, 0.1) is 11.0 Å². The zero-order chi connectivity index (χ0) is 19.1. The lowest BCUT2D eigenvalue weighted by molar-refractivity contribution is 0.736.